The van der Waals surface area contributed by atoms with Crippen LogP contribution in [0.15, 0.2) is 0 Å². The number of unbranched alkanes of at least 4 members (excludes halogenated alkanes) is 3. The first-order valence-electron chi connectivity index (χ1n) is 7.72. The fourth-order valence-corrected chi connectivity index (χ4v) is 2.41. The van der Waals surface area contributed by atoms with Crippen LogP contribution in [-0.4, -0.2) is 71.6 Å². The van der Waals surface area contributed by atoms with Gasteiger partial charge in [0.25, 0.3) is 0 Å². The highest BCUT2D eigenvalue weighted by molar-refractivity contribution is 5.73. The average molecular weight is 320 g/mol. The van der Waals surface area contributed by atoms with E-state index in [1.165, 1.54) is 6.92 Å². The van der Waals surface area contributed by atoms with Crippen molar-refractivity contribution in [3.05, 3.63) is 0 Å². The van der Waals surface area contributed by atoms with E-state index in [0.29, 0.717) is 13.2 Å². The maximum Gasteiger partial charge on any atom is 0.217 e. The lowest BCUT2D eigenvalue weighted by atomic mass is 9.97. The van der Waals surface area contributed by atoms with Gasteiger partial charge in [-0.3, -0.25) is 4.79 Å². The first-order valence-corrected chi connectivity index (χ1v) is 7.72. The number of nitrogens with two attached hydrogens (primary N) is 1. The molecule has 5 atom stereocenters. The van der Waals surface area contributed by atoms with E-state index < -0.39 is 37.3 Å². The predicted octanol–water partition coefficient (Wildman–Crippen LogP) is -1.53. The van der Waals surface area contributed by atoms with Crippen molar-refractivity contribution >= 4 is 5.91 Å². The fourth-order valence-electron chi connectivity index (χ4n) is 2.41. The summed E-state index contributed by atoms with van der Waals surface area (Å²) in [7, 11) is 0. The van der Waals surface area contributed by atoms with Crippen LogP contribution < -0.4 is 11.1 Å². The van der Waals surface area contributed by atoms with Gasteiger partial charge in [-0.2, -0.15) is 0 Å². The van der Waals surface area contributed by atoms with Crippen molar-refractivity contribution in [1.29, 1.82) is 0 Å². The normalized spacial score (nSPS) is 32.0. The van der Waals surface area contributed by atoms with Crippen molar-refractivity contribution in [3.8, 4) is 0 Å². The second-order valence-electron chi connectivity index (χ2n) is 5.51. The lowest BCUT2D eigenvalue weighted by Crippen LogP contribution is -2.64. The Labute approximate surface area is 130 Å². The summed E-state index contributed by atoms with van der Waals surface area (Å²) < 4.78 is 11.0. The lowest BCUT2D eigenvalue weighted by molar-refractivity contribution is -0.270. The van der Waals surface area contributed by atoms with E-state index in [2.05, 4.69) is 5.32 Å². The Kier molecular flexibility index (Phi) is 8.84. The molecular weight excluding hydrogens is 292 g/mol. The summed E-state index contributed by atoms with van der Waals surface area (Å²) in [5, 5.41) is 31.6. The van der Waals surface area contributed by atoms with Crippen LogP contribution in [0, 0.1) is 0 Å². The molecule has 0 aromatic rings. The number of amides is 1. The molecule has 1 aliphatic rings. The number of carbonyl (C=O) groups excluding carboxylic acids is 1. The second kappa shape index (κ2) is 10.1. The molecule has 130 valence electrons. The lowest BCUT2D eigenvalue weighted by Gasteiger charge is -2.42. The first-order chi connectivity index (χ1) is 10.5. The molecule has 0 radical (unpaired) electrons. The number of carbonyl (C=O) groups is 1. The topological polar surface area (TPSA) is 134 Å². The highest BCUT2D eigenvalue weighted by Crippen LogP contribution is 2.22. The van der Waals surface area contributed by atoms with Crippen LogP contribution in [-0.2, 0) is 14.3 Å². The molecular formula is C14H28N2O6. The second-order valence-corrected chi connectivity index (χ2v) is 5.51. The van der Waals surface area contributed by atoms with Gasteiger partial charge in [0.2, 0.25) is 5.91 Å². The van der Waals surface area contributed by atoms with Gasteiger partial charge in [0.1, 0.15) is 24.4 Å². The van der Waals surface area contributed by atoms with E-state index in [1.807, 2.05) is 0 Å². The molecule has 8 heteroatoms. The van der Waals surface area contributed by atoms with Crippen LogP contribution in [0.5, 0.6) is 0 Å². The van der Waals surface area contributed by atoms with Gasteiger partial charge in [0, 0.05) is 13.5 Å². The summed E-state index contributed by atoms with van der Waals surface area (Å²) in [6.45, 7) is 1.92. The van der Waals surface area contributed by atoms with Crippen LogP contribution in [0.3, 0.4) is 0 Å². The highest BCUT2D eigenvalue weighted by atomic mass is 16.7. The van der Waals surface area contributed by atoms with E-state index >= 15 is 0 Å². The molecule has 0 bridgehead atoms. The Hall–Kier alpha value is -0.770. The quantitative estimate of drug-likeness (QED) is 0.325. The average Bonchev–Trinajstić information content (AvgIpc) is 2.49. The molecule has 1 heterocycles. The zero-order valence-corrected chi connectivity index (χ0v) is 13.0. The Balaban J connectivity index is 2.52. The standard InChI is InChI=1S/C14H28N2O6/c1-9(18)16-11-13(20)12(19)10(8-17)22-14(11)21-7-5-3-2-4-6-15/h10-14,17,19-20H,2-8,15H2,1H3,(H,16,18)/t10-,11-,12-,13-,14-/m1/s1. The molecule has 0 saturated carbocycles. The van der Waals surface area contributed by atoms with Gasteiger partial charge in [-0.1, -0.05) is 12.8 Å². The summed E-state index contributed by atoms with van der Waals surface area (Å²) in [6, 6.07) is -0.876. The van der Waals surface area contributed by atoms with E-state index in [-0.39, 0.29) is 5.91 Å². The Bertz CT molecular complexity index is 330. The molecule has 0 aromatic carbocycles. The van der Waals surface area contributed by atoms with Gasteiger partial charge in [0.05, 0.1) is 6.61 Å². The molecule has 0 aromatic heterocycles. The molecule has 1 fully saturated rings. The summed E-state index contributed by atoms with van der Waals surface area (Å²) in [5.74, 6) is -0.362. The minimum atomic E-state index is -1.29. The van der Waals surface area contributed by atoms with Crippen LogP contribution in [0.2, 0.25) is 0 Å². The van der Waals surface area contributed by atoms with Gasteiger partial charge in [-0.05, 0) is 19.4 Å². The maximum absolute atomic E-state index is 11.2. The van der Waals surface area contributed by atoms with E-state index in [1.54, 1.807) is 0 Å². The third-order valence-corrected chi connectivity index (χ3v) is 3.63. The molecule has 1 rings (SSSR count). The van der Waals surface area contributed by atoms with Crippen molar-refractivity contribution in [3.63, 3.8) is 0 Å². The molecule has 0 spiro atoms. The minimum absolute atomic E-state index is 0.362. The van der Waals surface area contributed by atoms with Crippen molar-refractivity contribution in [1.82, 2.24) is 5.32 Å². The number of nitrogens with one attached hydrogen (secondary N) is 1. The zero-order chi connectivity index (χ0) is 16.5. The summed E-state index contributed by atoms with van der Waals surface area (Å²) in [4.78, 5) is 11.2. The Morgan fingerprint density at radius 1 is 1.23 bits per heavy atom. The van der Waals surface area contributed by atoms with Crippen molar-refractivity contribution < 1.29 is 29.6 Å². The summed E-state index contributed by atoms with van der Waals surface area (Å²) in [6.07, 6.45) is -0.662. The van der Waals surface area contributed by atoms with Crippen molar-refractivity contribution in [2.45, 2.75) is 63.3 Å². The largest absolute Gasteiger partial charge is 0.394 e. The summed E-state index contributed by atoms with van der Waals surface area (Å²) >= 11 is 0. The molecule has 1 amide bonds. The number of rotatable bonds is 9. The SMILES string of the molecule is CC(=O)N[C@H]1[C@H](OCCCCCCN)O[C@H](CO)[C@@H](O)[C@@H]1O. The van der Waals surface area contributed by atoms with Crippen LogP contribution in [0.1, 0.15) is 32.6 Å². The van der Waals surface area contributed by atoms with Gasteiger partial charge in [-0.25, -0.2) is 0 Å². The number of hydrogen-bond donors (Lipinski definition) is 5. The first kappa shape index (κ1) is 19.3. The van der Waals surface area contributed by atoms with Crippen molar-refractivity contribution in [2.24, 2.45) is 5.73 Å². The molecule has 6 N–H and O–H groups in total. The minimum Gasteiger partial charge on any atom is -0.394 e. The van der Waals surface area contributed by atoms with E-state index in [4.69, 9.17) is 15.2 Å². The maximum atomic E-state index is 11.2. The van der Waals surface area contributed by atoms with Crippen LogP contribution in [0.4, 0.5) is 0 Å². The molecule has 1 aliphatic heterocycles. The Morgan fingerprint density at radius 2 is 1.91 bits per heavy atom. The number of hydrogen-bond acceptors (Lipinski definition) is 7. The Morgan fingerprint density at radius 3 is 2.50 bits per heavy atom. The third-order valence-electron chi connectivity index (χ3n) is 3.63. The van der Waals surface area contributed by atoms with Gasteiger partial charge in [0.15, 0.2) is 6.29 Å². The number of ether oxygens (including phenoxy) is 2. The van der Waals surface area contributed by atoms with Gasteiger partial charge in [-0.15, -0.1) is 0 Å². The molecule has 1 saturated heterocycles. The smallest absolute Gasteiger partial charge is 0.217 e. The number of aliphatic hydroxyl groups is 3. The molecule has 0 aliphatic carbocycles. The van der Waals surface area contributed by atoms with Gasteiger partial charge >= 0.3 is 0 Å². The molecule has 0 unspecified atom stereocenters. The van der Waals surface area contributed by atoms with Gasteiger partial charge < -0.3 is 35.8 Å². The molecule has 8 nitrogen and oxygen atoms in total. The van der Waals surface area contributed by atoms with Crippen LogP contribution >= 0.6 is 0 Å². The fraction of sp³-hybridized carbons (Fsp3) is 0.929. The third kappa shape index (κ3) is 5.79. The predicted molar refractivity (Wildman–Crippen MR) is 78.8 cm³/mol. The molecule has 22 heavy (non-hydrogen) atoms. The number of aliphatic hydroxyl groups excluding tert-OH is 3. The zero-order valence-electron chi connectivity index (χ0n) is 13.0. The van der Waals surface area contributed by atoms with Crippen molar-refractivity contribution in [2.75, 3.05) is 19.8 Å². The highest BCUT2D eigenvalue weighted by Gasteiger charge is 2.45. The monoisotopic (exact) mass is 320 g/mol. The van der Waals surface area contributed by atoms with E-state index in [9.17, 15) is 20.1 Å². The van der Waals surface area contributed by atoms with E-state index in [0.717, 1.165) is 25.7 Å². The van der Waals surface area contributed by atoms with Crippen LogP contribution in [0.25, 0.3) is 0 Å². The summed E-state index contributed by atoms with van der Waals surface area (Å²) in [5.41, 5.74) is 5.42.